The smallest absolute Gasteiger partial charge is 0.416 e. The van der Waals surface area contributed by atoms with Crippen molar-refractivity contribution in [3.63, 3.8) is 0 Å². The van der Waals surface area contributed by atoms with E-state index in [1.807, 2.05) is 0 Å². The van der Waals surface area contributed by atoms with Crippen molar-refractivity contribution in [3.05, 3.63) is 47.5 Å². The van der Waals surface area contributed by atoms with Gasteiger partial charge in [0.25, 0.3) is 0 Å². The maximum absolute atomic E-state index is 12.6. The number of carbonyl (C=O) groups is 2. The van der Waals surface area contributed by atoms with Crippen LogP contribution in [-0.2, 0) is 21.3 Å². The zero-order chi connectivity index (χ0) is 18.0. The molecule has 23 heavy (non-hydrogen) atoms. The number of carboxylic acids is 1. The van der Waals surface area contributed by atoms with Crippen LogP contribution in [0.4, 0.5) is 13.2 Å². The third kappa shape index (κ3) is 4.58. The molecule has 0 aliphatic rings. The molecule has 0 spiro atoms. The van der Waals surface area contributed by atoms with E-state index in [0.717, 1.165) is 12.1 Å². The minimum atomic E-state index is -4.43. The number of benzene rings is 1. The summed E-state index contributed by atoms with van der Waals surface area (Å²) in [4.78, 5) is 22.9. The first-order valence-electron chi connectivity index (χ1n) is 6.78. The standard InChI is InChI=1S/C16H18F3NO3/c1-9(10(2)14(22)23)13(21)20-15(3,4)11-5-7-12(8-6-11)16(17,18)19/h5-9H,2H2,1,3-4H3,(H,20,21)(H,22,23)/t9-/m1/s1. The molecule has 0 aliphatic carbocycles. The fourth-order valence-electron chi connectivity index (χ4n) is 1.91. The first-order chi connectivity index (χ1) is 10.4. The van der Waals surface area contributed by atoms with Gasteiger partial charge in [-0.05, 0) is 38.5 Å². The van der Waals surface area contributed by atoms with Crippen LogP contribution in [0.25, 0.3) is 0 Å². The Balaban J connectivity index is 2.93. The van der Waals surface area contributed by atoms with E-state index >= 15 is 0 Å². The van der Waals surface area contributed by atoms with E-state index in [9.17, 15) is 22.8 Å². The minimum absolute atomic E-state index is 0.259. The van der Waals surface area contributed by atoms with Crippen molar-refractivity contribution in [3.8, 4) is 0 Å². The van der Waals surface area contributed by atoms with Gasteiger partial charge in [-0.2, -0.15) is 13.2 Å². The first kappa shape index (κ1) is 18.7. The highest BCUT2D eigenvalue weighted by Gasteiger charge is 2.32. The highest BCUT2D eigenvalue weighted by atomic mass is 19.4. The number of nitrogens with one attached hydrogen (secondary N) is 1. The monoisotopic (exact) mass is 329 g/mol. The number of rotatable bonds is 5. The van der Waals surface area contributed by atoms with Crippen LogP contribution in [0.2, 0.25) is 0 Å². The lowest BCUT2D eigenvalue weighted by atomic mass is 9.91. The lowest BCUT2D eigenvalue weighted by molar-refractivity contribution is -0.137. The number of carbonyl (C=O) groups excluding carboxylic acids is 1. The maximum Gasteiger partial charge on any atom is 0.416 e. The average Bonchev–Trinajstić information content (AvgIpc) is 2.44. The Morgan fingerprint density at radius 2 is 1.57 bits per heavy atom. The van der Waals surface area contributed by atoms with Gasteiger partial charge in [-0.25, -0.2) is 4.79 Å². The second kappa shape index (κ2) is 6.44. The first-order valence-corrected chi connectivity index (χ1v) is 6.78. The van der Waals surface area contributed by atoms with E-state index in [0.29, 0.717) is 5.56 Å². The van der Waals surface area contributed by atoms with Crippen LogP contribution in [0.3, 0.4) is 0 Å². The Morgan fingerprint density at radius 3 is 1.96 bits per heavy atom. The van der Waals surface area contributed by atoms with Gasteiger partial charge < -0.3 is 10.4 Å². The number of alkyl halides is 3. The molecule has 4 nitrogen and oxygen atoms in total. The topological polar surface area (TPSA) is 66.4 Å². The molecular formula is C16H18F3NO3. The van der Waals surface area contributed by atoms with Crippen LogP contribution >= 0.6 is 0 Å². The summed E-state index contributed by atoms with van der Waals surface area (Å²) in [6, 6.07) is 4.42. The van der Waals surface area contributed by atoms with Gasteiger partial charge in [-0.3, -0.25) is 4.79 Å². The fourth-order valence-corrected chi connectivity index (χ4v) is 1.91. The van der Waals surface area contributed by atoms with Crippen LogP contribution in [0.1, 0.15) is 31.9 Å². The second-order valence-corrected chi connectivity index (χ2v) is 5.74. The van der Waals surface area contributed by atoms with Gasteiger partial charge in [0, 0.05) is 5.57 Å². The van der Waals surface area contributed by atoms with Crippen molar-refractivity contribution in [1.29, 1.82) is 0 Å². The number of hydrogen-bond acceptors (Lipinski definition) is 2. The highest BCUT2D eigenvalue weighted by molar-refractivity contribution is 5.95. The Labute approximate surface area is 132 Å². The van der Waals surface area contributed by atoms with Gasteiger partial charge >= 0.3 is 12.1 Å². The van der Waals surface area contributed by atoms with E-state index in [1.165, 1.54) is 19.1 Å². The van der Waals surface area contributed by atoms with Crippen molar-refractivity contribution >= 4 is 11.9 Å². The molecule has 1 aromatic carbocycles. The van der Waals surface area contributed by atoms with Gasteiger partial charge in [0.15, 0.2) is 0 Å². The van der Waals surface area contributed by atoms with Crippen LogP contribution in [0.5, 0.6) is 0 Å². The van der Waals surface area contributed by atoms with Crippen molar-refractivity contribution < 1.29 is 27.9 Å². The lowest BCUT2D eigenvalue weighted by Gasteiger charge is -2.29. The van der Waals surface area contributed by atoms with E-state index in [1.54, 1.807) is 13.8 Å². The third-order valence-electron chi connectivity index (χ3n) is 3.56. The number of amides is 1. The molecule has 0 aliphatic heterocycles. The molecule has 0 saturated heterocycles. The van der Waals surface area contributed by atoms with Crippen LogP contribution in [-0.4, -0.2) is 17.0 Å². The molecular weight excluding hydrogens is 311 g/mol. The normalized spacial score (nSPS) is 13.3. The van der Waals surface area contributed by atoms with Gasteiger partial charge in [0.05, 0.1) is 17.0 Å². The number of aliphatic carboxylic acids is 1. The molecule has 0 saturated carbocycles. The molecule has 2 N–H and O–H groups in total. The summed E-state index contributed by atoms with van der Waals surface area (Å²) in [6.45, 7) is 7.96. The van der Waals surface area contributed by atoms with Gasteiger partial charge in [0.2, 0.25) is 5.91 Å². The molecule has 0 radical (unpaired) electrons. The Hall–Kier alpha value is -2.31. The summed E-state index contributed by atoms with van der Waals surface area (Å²) in [5.41, 5.74) is -1.54. The molecule has 1 amide bonds. The van der Waals surface area contributed by atoms with E-state index in [2.05, 4.69) is 11.9 Å². The van der Waals surface area contributed by atoms with Crippen molar-refractivity contribution in [1.82, 2.24) is 5.32 Å². The van der Waals surface area contributed by atoms with Gasteiger partial charge in [-0.15, -0.1) is 0 Å². The van der Waals surface area contributed by atoms with Gasteiger partial charge in [-0.1, -0.05) is 18.7 Å². The van der Waals surface area contributed by atoms with Crippen molar-refractivity contribution in [2.75, 3.05) is 0 Å². The molecule has 1 rings (SSSR count). The molecule has 0 aromatic heterocycles. The third-order valence-corrected chi connectivity index (χ3v) is 3.56. The Bertz CT molecular complexity index is 618. The molecule has 0 fully saturated rings. The summed E-state index contributed by atoms with van der Waals surface area (Å²) in [6.07, 6.45) is -4.43. The summed E-state index contributed by atoms with van der Waals surface area (Å²) >= 11 is 0. The van der Waals surface area contributed by atoms with Gasteiger partial charge in [0.1, 0.15) is 0 Å². The van der Waals surface area contributed by atoms with Crippen LogP contribution < -0.4 is 5.32 Å². The number of hydrogen-bond donors (Lipinski definition) is 2. The summed E-state index contributed by atoms with van der Waals surface area (Å²) < 4.78 is 37.7. The SMILES string of the molecule is C=C(C(=O)O)[C@@H](C)C(=O)NC(C)(C)c1ccc(C(F)(F)F)cc1. The number of carboxylic acid groups (broad SMARTS) is 1. The lowest BCUT2D eigenvalue weighted by Crippen LogP contribution is -2.44. The van der Waals surface area contributed by atoms with Crippen molar-refractivity contribution in [2.45, 2.75) is 32.5 Å². The zero-order valence-corrected chi connectivity index (χ0v) is 13.0. The largest absolute Gasteiger partial charge is 0.478 e. The van der Waals surface area contributed by atoms with Crippen LogP contribution in [0.15, 0.2) is 36.4 Å². The predicted molar refractivity (Wildman–Crippen MR) is 78.6 cm³/mol. The molecule has 7 heteroatoms. The molecule has 1 atom stereocenters. The van der Waals surface area contributed by atoms with Crippen molar-refractivity contribution in [2.24, 2.45) is 5.92 Å². The van der Waals surface area contributed by atoms with E-state index in [-0.39, 0.29) is 5.57 Å². The molecule has 0 bridgehead atoms. The summed E-state index contributed by atoms with van der Waals surface area (Å²) in [7, 11) is 0. The molecule has 0 heterocycles. The van der Waals surface area contributed by atoms with E-state index in [4.69, 9.17) is 5.11 Å². The molecule has 0 unspecified atom stereocenters. The summed E-state index contributed by atoms with van der Waals surface area (Å²) in [5, 5.41) is 11.5. The summed E-state index contributed by atoms with van der Waals surface area (Å²) in [5.74, 6) is -2.80. The molecule has 1 aromatic rings. The minimum Gasteiger partial charge on any atom is -0.478 e. The maximum atomic E-state index is 12.6. The zero-order valence-electron chi connectivity index (χ0n) is 13.0. The average molecular weight is 329 g/mol. The Morgan fingerprint density at radius 1 is 1.13 bits per heavy atom. The predicted octanol–water partition coefficient (Wildman–Crippen LogP) is 3.33. The van der Waals surface area contributed by atoms with E-state index < -0.39 is 35.1 Å². The second-order valence-electron chi connectivity index (χ2n) is 5.74. The fraction of sp³-hybridized carbons (Fsp3) is 0.375. The highest BCUT2D eigenvalue weighted by Crippen LogP contribution is 2.31. The quantitative estimate of drug-likeness (QED) is 0.814. The Kier molecular flexibility index (Phi) is 5.24. The molecule has 126 valence electrons. The number of halogens is 3. The van der Waals surface area contributed by atoms with Crippen LogP contribution in [0, 0.1) is 5.92 Å².